The first-order chi connectivity index (χ1) is 9.31. The Morgan fingerprint density at radius 3 is 1.13 bits per heavy atom. The van der Waals surface area contributed by atoms with Crippen molar-refractivity contribution in [3.8, 4) is 0 Å². The maximum atomic E-state index is 12.7. The summed E-state index contributed by atoms with van der Waals surface area (Å²) in [6, 6.07) is 0. The molecule has 0 spiro atoms. The average molecular weight is 386 g/mol. The first-order valence-corrected chi connectivity index (χ1v) is 4.70. The molecule has 0 aromatic heterocycles. The van der Waals surface area contributed by atoms with Gasteiger partial charge in [0, 0.05) is 0 Å². The molecule has 0 aliphatic carbocycles. The Morgan fingerprint density at radius 2 is 0.870 bits per heavy atom. The van der Waals surface area contributed by atoms with E-state index >= 15 is 0 Å². The van der Waals surface area contributed by atoms with Crippen molar-refractivity contribution in [1.82, 2.24) is 0 Å². The van der Waals surface area contributed by atoms with Crippen LogP contribution in [0.15, 0.2) is 0 Å². The molecule has 0 fully saturated rings. The first kappa shape index (κ1) is 25.0. The Kier molecular flexibility index (Phi) is 7.15. The summed E-state index contributed by atoms with van der Waals surface area (Å²) in [5.41, 5.74) is 0. The third-order valence-corrected chi connectivity index (χ3v) is 2.34. The summed E-state index contributed by atoms with van der Waals surface area (Å²) in [5, 5.41) is 0. The molecule has 0 rings (SSSR count). The molecule has 0 saturated carbocycles. The van der Waals surface area contributed by atoms with Gasteiger partial charge in [0.15, 0.2) is 0 Å². The van der Waals surface area contributed by atoms with Crippen LogP contribution in [0.5, 0.6) is 0 Å². The molecule has 23 heavy (non-hydrogen) atoms. The van der Waals surface area contributed by atoms with E-state index in [0.717, 1.165) is 0 Å². The van der Waals surface area contributed by atoms with Gasteiger partial charge in [-0.1, -0.05) is 0 Å². The summed E-state index contributed by atoms with van der Waals surface area (Å²) >= 11 is 0. The van der Waals surface area contributed by atoms with Crippen molar-refractivity contribution in [2.45, 2.75) is 42.2 Å². The number of halogens is 13. The van der Waals surface area contributed by atoms with Crippen molar-refractivity contribution in [1.29, 1.82) is 0 Å². The number of hydrogen-bond acceptors (Lipinski definition) is 1. The molecule has 0 radical (unpaired) electrons. The molecule has 0 unspecified atom stereocenters. The molecule has 0 atom stereocenters. The Bertz CT molecular complexity index is 426. The minimum atomic E-state index is -7.92. The molecule has 0 heterocycles. The Balaban J connectivity index is 0. The van der Waals surface area contributed by atoms with Crippen LogP contribution in [0.1, 0.15) is 6.42 Å². The van der Waals surface area contributed by atoms with Gasteiger partial charge in [0.1, 0.15) is 6.29 Å². The standard InChI is InChI=1S/C8H3F13O.Na.H/c9-3(10,1-2-22)4(11,12)5(13,14)6(15,16)7(17,18)8(19,20)21;;/h2H,1H2;;. The fraction of sp³-hybridized carbons (Fsp3) is 0.875. The number of aldehydes is 1. The van der Waals surface area contributed by atoms with Gasteiger partial charge in [-0.15, -0.1) is 0 Å². The van der Waals surface area contributed by atoms with E-state index in [2.05, 4.69) is 0 Å². The number of hydrogen-bond donors (Lipinski definition) is 0. The van der Waals surface area contributed by atoms with Gasteiger partial charge in [-0.3, -0.25) is 0 Å². The van der Waals surface area contributed by atoms with Crippen LogP contribution in [0.25, 0.3) is 0 Å². The summed E-state index contributed by atoms with van der Waals surface area (Å²) in [6.07, 6.45) is -11.4. The van der Waals surface area contributed by atoms with E-state index in [9.17, 15) is 61.9 Å². The van der Waals surface area contributed by atoms with E-state index in [1.807, 2.05) is 0 Å². The molecular formula is C8H4F13NaO. The van der Waals surface area contributed by atoms with E-state index in [0.29, 0.717) is 0 Å². The Hall–Kier alpha value is -0.240. The average Bonchev–Trinajstić information content (AvgIpc) is 2.26. The van der Waals surface area contributed by atoms with Gasteiger partial charge in [0.2, 0.25) is 0 Å². The molecule has 134 valence electrons. The quantitative estimate of drug-likeness (QED) is 0.387. The number of alkyl halides is 13. The number of rotatable bonds is 6. The van der Waals surface area contributed by atoms with E-state index in [-0.39, 0.29) is 29.6 Å². The van der Waals surface area contributed by atoms with E-state index < -0.39 is 48.5 Å². The molecule has 0 amide bonds. The van der Waals surface area contributed by atoms with Crippen molar-refractivity contribution < 1.29 is 61.9 Å². The second-order valence-corrected chi connectivity index (χ2v) is 3.87. The summed E-state index contributed by atoms with van der Waals surface area (Å²) in [7, 11) is 0. The molecule has 0 N–H and O–H groups in total. The van der Waals surface area contributed by atoms with Gasteiger partial charge in [0.25, 0.3) is 0 Å². The zero-order chi connectivity index (χ0) is 18.4. The van der Waals surface area contributed by atoms with Gasteiger partial charge in [-0.2, -0.15) is 57.1 Å². The van der Waals surface area contributed by atoms with Crippen molar-refractivity contribution in [2.75, 3.05) is 0 Å². The predicted molar refractivity (Wildman–Crippen MR) is 48.6 cm³/mol. The molecule has 0 aromatic carbocycles. The minimum absolute atomic E-state index is 0. The van der Waals surface area contributed by atoms with Crippen molar-refractivity contribution >= 4 is 35.8 Å². The summed E-state index contributed by atoms with van der Waals surface area (Å²) < 4.78 is 161. The van der Waals surface area contributed by atoms with E-state index in [1.54, 1.807) is 0 Å². The first-order valence-electron chi connectivity index (χ1n) is 4.70. The molecule has 0 aliphatic heterocycles. The third kappa shape index (κ3) is 3.57. The molecule has 0 aromatic rings. The monoisotopic (exact) mass is 386 g/mol. The number of carbonyl (C=O) groups is 1. The fourth-order valence-corrected chi connectivity index (χ4v) is 1.03. The van der Waals surface area contributed by atoms with Gasteiger partial charge in [0.05, 0.1) is 6.42 Å². The normalized spacial score (nSPS) is 15.2. The summed E-state index contributed by atoms with van der Waals surface area (Å²) in [5.74, 6) is -37.2. The van der Waals surface area contributed by atoms with Crippen LogP contribution in [-0.4, -0.2) is 71.6 Å². The van der Waals surface area contributed by atoms with E-state index in [4.69, 9.17) is 0 Å². The van der Waals surface area contributed by atoms with Crippen LogP contribution in [0, 0.1) is 0 Å². The van der Waals surface area contributed by atoms with Gasteiger partial charge in [-0.25, -0.2) is 0 Å². The van der Waals surface area contributed by atoms with Crippen LogP contribution in [-0.2, 0) is 4.79 Å². The summed E-state index contributed by atoms with van der Waals surface area (Å²) in [6.45, 7) is 0. The second kappa shape index (κ2) is 6.58. The SMILES string of the molecule is O=CCC(F)(F)C(F)(F)C(F)(F)C(F)(F)C(F)(F)C(F)(F)F.[NaH]. The van der Waals surface area contributed by atoms with Crippen LogP contribution in [0.2, 0.25) is 0 Å². The molecular weight excluding hydrogens is 382 g/mol. The van der Waals surface area contributed by atoms with Crippen molar-refractivity contribution in [3.05, 3.63) is 0 Å². The topological polar surface area (TPSA) is 17.1 Å². The van der Waals surface area contributed by atoms with Gasteiger partial charge in [-0.05, 0) is 0 Å². The Morgan fingerprint density at radius 1 is 0.565 bits per heavy atom. The maximum absolute atomic E-state index is 12.7. The third-order valence-electron chi connectivity index (χ3n) is 2.34. The molecule has 1 nitrogen and oxygen atoms in total. The Labute approximate surface area is 140 Å². The predicted octanol–water partition coefficient (Wildman–Crippen LogP) is 3.67. The van der Waals surface area contributed by atoms with Gasteiger partial charge >= 0.3 is 65.3 Å². The molecule has 0 saturated heterocycles. The summed E-state index contributed by atoms with van der Waals surface area (Å²) in [4.78, 5) is 9.63. The fourth-order valence-electron chi connectivity index (χ4n) is 1.03. The molecule has 0 aliphatic rings. The number of carbonyl (C=O) groups excluding carboxylic acids is 1. The van der Waals surface area contributed by atoms with Crippen molar-refractivity contribution in [3.63, 3.8) is 0 Å². The van der Waals surface area contributed by atoms with Gasteiger partial charge < -0.3 is 4.79 Å². The van der Waals surface area contributed by atoms with Crippen LogP contribution in [0.4, 0.5) is 57.1 Å². The van der Waals surface area contributed by atoms with E-state index in [1.165, 1.54) is 0 Å². The van der Waals surface area contributed by atoms with Crippen LogP contribution >= 0.6 is 0 Å². The zero-order valence-electron chi connectivity index (χ0n) is 9.61. The molecule has 0 bridgehead atoms. The second-order valence-electron chi connectivity index (χ2n) is 3.87. The van der Waals surface area contributed by atoms with Crippen LogP contribution in [0.3, 0.4) is 0 Å². The van der Waals surface area contributed by atoms with Crippen LogP contribution < -0.4 is 0 Å². The molecule has 15 heteroatoms. The zero-order valence-corrected chi connectivity index (χ0v) is 9.61. The van der Waals surface area contributed by atoms with Crippen molar-refractivity contribution in [2.24, 2.45) is 0 Å².